The van der Waals surface area contributed by atoms with E-state index >= 15 is 0 Å². The molecule has 3 nitrogen and oxygen atoms in total. The van der Waals surface area contributed by atoms with Crippen LogP contribution in [0.3, 0.4) is 0 Å². The Morgan fingerprint density at radius 1 is 0.812 bits per heavy atom. The molecule has 0 aromatic rings. The van der Waals surface area contributed by atoms with Gasteiger partial charge in [0, 0.05) is 0 Å². The van der Waals surface area contributed by atoms with Crippen LogP contribution >= 0.6 is 0 Å². The summed E-state index contributed by atoms with van der Waals surface area (Å²) in [5, 5.41) is 0. The predicted octanol–water partition coefficient (Wildman–Crippen LogP) is 2.30. The average Bonchev–Trinajstić information content (AvgIpc) is 2.27. The molecule has 0 saturated carbocycles. The lowest BCUT2D eigenvalue weighted by atomic mass is 10.1. The van der Waals surface area contributed by atoms with E-state index in [9.17, 15) is 0 Å². The third kappa shape index (κ3) is 10.4. The van der Waals surface area contributed by atoms with Crippen molar-refractivity contribution in [1.29, 1.82) is 0 Å². The summed E-state index contributed by atoms with van der Waals surface area (Å²) in [5.74, 6) is 0. The highest BCUT2D eigenvalue weighted by atomic mass is 15.8. The maximum atomic E-state index is 5.49. The van der Waals surface area contributed by atoms with Gasteiger partial charge in [0.1, 0.15) is 0 Å². The summed E-state index contributed by atoms with van der Waals surface area (Å²) in [4.78, 5) is 2.49. The third-order valence-corrected chi connectivity index (χ3v) is 3.16. The molecule has 0 radical (unpaired) electrons. The zero-order chi connectivity index (χ0) is 12.2. The average molecular weight is 230 g/mol. The second-order valence-electron chi connectivity index (χ2n) is 4.60. The lowest BCUT2D eigenvalue weighted by Gasteiger charge is -2.17. The number of rotatable bonds is 11. The van der Waals surface area contributed by atoms with E-state index in [2.05, 4.69) is 18.7 Å². The highest BCUT2D eigenvalue weighted by Gasteiger charge is 1.98. The summed E-state index contributed by atoms with van der Waals surface area (Å²) in [6.07, 6.45) is 8.75. The van der Waals surface area contributed by atoms with Gasteiger partial charge in [-0.2, -0.15) is 0 Å². The van der Waals surface area contributed by atoms with E-state index in [0.29, 0.717) is 0 Å². The van der Waals surface area contributed by atoms with Crippen LogP contribution in [0.15, 0.2) is 0 Å². The summed E-state index contributed by atoms with van der Waals surface area (Å²) < 4.78 is 0. The van der Waals surface area contributed by atoms with Crippen LogP contribution in [-0.4, -0.2) is 30.7 Å². The van der Waals surface area contributed by atoms with Gasteiger partial charge in [-0.3, -0.25) is 0 Å². The first-order valence-corrected chi connectivity index (χ1v) is 6.94. The fourth-order valence-electron chi connectivity index (χ4n) is 1.96. The minimum absolute atomic E-state index is 0.109. The summed E-state index contributed by atoms with van der Waals surface area (Å²) in [6, 6.07) is 0. The number of nitrogens with two attached hydrogens (primary N) is 2. The Balaban J connectivity index is 3.09. The molecule has 0 aromatic heterocycles. The molecule has 0 saturated heterocycles. The molecule has 16 heavy (non-hydrogen) atoms. The minimum atomic E-state index is -0.109. The molecule has 0 heterocycles. The molecule has 0 bridgehead atoms. The molecule has 0 amide bonds. The molecular formula is C13H31N3. The molecule has 0 aliphatic carbocycles. The molecule has 0 aliphatic heterocycles. The smallest absolute Gasteiger partial charge is 0.0520 e. The van der Waals surface area contributed by atoms with Crippen molar-refractivity contribution in [1.82, 2.24) is 4.90 Å². The van der Waals surface area contributed by atoms with E-state index in [1.807, 2.05) is 0 Å². The van der Waals surface area contributed by atoms with E-state index in [4.69, 9.17) is 11.5 Å². The topological polar surface area (TPSA) is 55.3 Å². The van der Waals surface area contributed by atoms with E-state index in [1.54, 1.807) is 0 Å². The minimum Gasteiger partial charge on any atom is -0.316 e. The zero-order valence-electron chi connectivity index (χ0n) is 11.3. The third-order valence-electron chi connectivity index (χ3n) is 3.16. The van der Waals surface area contributed by atoms with Crippen LogP contribution in [0.4, 0.5) is 0 Å². The first-order valence-electron chi connectivity index (χ1n) is 6.94. The van der Waals surface area contributed by atoms with Gasteiger partial charge in [0.05, 0.1) is 6.17 Å². The molecule has 0 spiro atoms. The van der Waals surface area contributed by atoms with E-state index < -0.39 is 0 Å². The van der Waals surface area contributed by atoms with Gasteiger partial charge in [0.2, 0.25) is 0 Å². The van der Waals surface area contributed by atoms with Crippen LogP contribution in [0.1, 0.15) is 58.8 Å². The van der Waals surface area contributed by atoms with Gasteiger partial charge in [-0.15, -0.1) is 0 Å². The first-order chi connectivity index (χ1) is 7.70. The highest BCUT2D eigenvalue weighted by molar-refractivity contribution is 4.54. The molecule has 0 unspecified atom stereocenters. The van der Waals surface area contributed by atoms with Crippen LogP contribution in [0.25, 0.3) is 0 Å². The van der Waals surface area contributed by atoms with Crippen LogP contribution in [-0.2, 0) is 0 Å². The second-order valence-corrected chi connectivity index (χ2v) is 4.60. The molecule has 0 fully saturated rings. The van der Waals surface area contributed by atoms with Crippen LogP contribution in [0, 0.1) is 0 Å². The van der Waals surface area contributed by atoms with Gasteiger partial charge in [0.15, 0.2) is 0 Å². The van der Waals surface area contributed by atoms with Gasteiger partial charge in [-0.05, 0) is 32.5 Å². The molecule has 4 N–H and O–H groups in total. The van der Waals surface area contributed by atoms with Crippen molar-refractivity contribution in [2.75, 3.05) is 19.6 Å². The van der Waals surface area contributed by atoms with E-state index in [-0.39, 0.29) is 6.17 Å². The van der Waals surface area contributed by atoms with E-state index in [1.165, 1.54) is 58.2 Å². The summed E-state index contributed by atoms with van der Waals surface area (Å²) in [5.41, 5.74) is 11.0. The van der Waals surface area contributed by atoms with Crippen molar-refractivity contribution in [3.63, 3.8) is 0 Å². The monoisotopic (exact) mass is 230 g/mol. The lowest BCUT2D eigenvalue weighted by molar-refractivity contribution is 0.295. The molecule has 0 aromatic carbocycles. The van der Waals surface area contributed by atoms with Crippen molar-refractivity contribution in [2.24, 2.45) is 11.5 Å². The molecular weight excluding hydrogens is 199 g/mol. The van der Waals surface area contributed by atoms with Crippen molar-refractivity contribution in [2.45, 2.75) is 65.0 Å². The number of hydrogen-bond donors (Lipinski definition) is 2. The maximum absolute atomic E-state index is 5.49. The Bertz CT molecular complexity index is 133. The predicted molar refractivity (Wildman–Crippen MR) is 72.3 cm³/mol. The number of nitrogens with zero attached hydrogens (tertiary/aromatic N) is 1. The van der Waals surface area contributed by atoms with Gasteiger partial charge in [-0.1, -0.05) is 46.0 Å². The number of hydrogen-bond acceptors (Lipinski definition) is 3. The van der Waals surface area contributed by atoms with Crippen LogP contribution < -0.4 is 11.5 Å². The normalized spacial score (nSPS) is 11.6. The lowest BCUT2D eigenvalue weighted by Crippen LogP contribution is -2.29. The Kier molecular flexibility index (Phi) is 11.3. The van der Waals surface area contributed by atoms with Gasteiger partial charge in [0.25, 0.3) is 0 Å². The van der Waals surface area contributed by atoms with Gasteiger partial charge in [-0.25, -0.2) is 0 Å². The first kappa shape index (κ1) is 15.9. The van der Waals surface area contributed by atoms with Crippen LogP contribution in [0.5, 0.6) is 0 Å². The standard InChI is InChI=1S/C13H31N3/c1-3-16(4-2)12-10-8-6-5-7-9-11-13(14)15/h13H,3-12,14-15H2,1-2H3/i16+1. The van der Waals surface area contributed by atoms with Crippen molar-refractivity contribution in [3.05, 3.63) is 0 Å². The van der Waals surface area contributed by atoms with Crippen molar-refractivity contribution in [3.8, 4) is 0 Å². The largest absolute Gasteiger partial charge is 0.316 e. The Morgan fingerprint density at radius 3 is 1.81 bits per heavy atom. The molecule has 98 valence electrons. The molecule has 3 heteroatoms. The Labute approximate surface area is 102 Å². The fourth-order valence-corrected chi connectivity index (χ4v) is 1.96. The van der Waals surface area contributed by atoms with Crippen molar-refractivity contribution >= 4 is 0 Å². The maximum Gasteiger partial charge on any atom is 0.0520 e. The molecule has 0 rings (SSSR count). The summed E-state index contributed by atoms with van der Waals surface area (Å²) in [7, 11) is 0. The summed E-state index contributed by atoms with van der Waals surface area (Å²) in [6.45, 7) is 8.11. The van der Waals surface area contributed by atoms with Crippen LogP contribution in [0.2, 0.25) is 0 Å². The SMILES string of the molecule is CC[15N](CC)CCCCCCCCC(N)N. The van der Waals surface area contributed by atoms with Gasteiger partial charge < -0.3 is 16.4 Å². The Morgan fingerprint density at radius 2 is 1.31 bits per heavy atom. The van der Waals surface area contributed by atoms with E-state index in [0.717, 1.165) is 6.42 Å². The Hall–Kier alpha value is -0.120. The molecule has 0 aliphatic rings. The summed E-state index contributed by atoms with van der Waals surface area (Å²) >= 11 is 0. The fraction of sp³-hybridized carbons (Fsp3) is 1.00. The number of unbranched alkanes of at least 4 members (excludes halogenated alkanes) is 5. The zero-order valence-corrected chi connectivity index (χ0v) is 11.3. The second kappa shape index (κ2) is 11.4. The van der Waals surface area contributed by atoms with Crippen molar-refractivity contribution < 1.29 is 0 Å². The quantitative estimate of drug-likeness (QED) is 0.325. The van der Waals surface area contributed by atoms with Gasteiger partial charge >= 0.3 is 0 Å². The highest BCUT2D eigenvalue weighted by Crippen LogP contribution is 2.07. The molecule has 0 atom stereocenters.